The highest BCUT2D eigenvalue weighted by Crippen LogP contribution is 2.21. The van der Waals surface area contributed by atoms with Crippen molar-refractivity contribution in [2.24, 2.45) is 0 Å². The van der Waals surface area contributed by atoms with Gasteiger partial charge in [-0.1, -0.05) is 60.7 Å². The predicted octanol–water partition coefficient (Wildman–Crippen LogP) is 3.62. The first-order valence-corrected chi connectivity index (χ1v) is 8.18. The first-order chi connectivity index (χ1) is 11.2. The normalized spacial score (nSPS) is 10.5. The number of benzene rings is 2. The lowest BCUT2D eigenvalue weighted by molar-refractivity contribution is -0.118. The van der Waals surface area contributed by atoms with Crippen molar-refractivity contribution in [2.45, 2.75) is 19.9 Å². The zero-order valence-corrected chi connectivity index (χ0v) is 13.7. The minimum atomic E-state index is 0.0243. The molecule has 3 aromatic rings. The molecule has 0 atom stereocenters. The second-order valence-electron chi connectivity index (χ2n) is 5.25. The van der Waals surface area contributed by atoms with Crippen LogP contribution in [0.4, 0.5) is 5.13 Å². The van der Waals surface area contributed by atoms with E-state index in [0.717, 1.165) is 11.1 Å². The molecular weight excluding hydrogens is 306 g/mol. The lowest BCUT2D eigenvalue weighted by Crippen LogP contribution is -2.31. The standard InChI is InChI=1S/C18H17N3OS/c1-14-19-18(23-20-14)21(13-16-10-6-3-7-11-16)17(22)12-15-8-4-2-5-9-15/h2-11H,12-13H2,1H3. The van der Waals surface area contributed by atoms with Crippen molar-refractivity contribution < 1.29 is 4.79 Å². The third-order valence-electron chi connectivity index (χ3n) is 3.43. The Morgan fingerprint density at radius 2 is 1.61 bits per heavy atom. The van der Waals surface area contributed by atoms with E-state index in [0.29, 0.717) is 23.9 Å². The Balaban J connectivity index is 1.84. The molecule has 2 aromatic carbocycles. The number of aryl methyl sites for hydroxylation is 1. The van der Waals surface area contributed by atoms with Crippen LogP contribution < -0.4 is 4.90 Å². The third kappa shape index (κ3) is 4.02. The van der Waals surface area contributed by atoms with E-state index < -0.39 is 0 Å². The molecule has 0 radical (unpaired) electrons. The van der Waals surface area contributed by atoms with Gasteiger partial charge in [0.2, 0.25) is 11.0 Å². The van der Waals surface area contributed by atoms with Crippen LogP contribution in [0.2, 0.25) is 0 Å². The van der Waals surface area contributed by atoms with E-state index in [1.54, 1.807) is 4.90 Å². The van der Waals surface area contributed by atoms with Gasteiger partial charge in [0, 0.05) is 11.5 Å². The molecule has 0 bridgehead atoms. The van der Waals surface area contributed by atoms with Gasteiger partial charge in [0.1, 0.15) is 5.82 Å². The maximum absolute atomic E-state index is 12.8. The summed E-state index contributed by atoms with van der Waals surface area (Å²) in [6.45, 7) is 2.34. The number of hydrogen-bond donors (Lipinski definition) is 0. The average Bonchev–Trinajstić information content (AvgIpc) is 3.00. The summed E-state index contributed by atoms with van der Waals surface area (Å²) in [5.41, 5.74) is 2.07. The maximum Gasteiger partial charge on any atom is 0.233 e. The molecule has 0 aliphatic heterocycles. The molecule has 0 saturated heterocycles. The zero-order valence-electron chi connectivity index (χ0n) is 12.8. The highest BCUT2D eigenvalue weighted by molar-refractivity contribution is 7.09. The van der Waals surface area contributed by atoms with E-state index in [4.69, 9.17) is 0 Å². The largest absolute Gasteiger partial charge is 0.282 e. The Hall–Kier alpha value is -2.53. The monoisotopic (exact) mass is 323 g/mol. The van der Waals surface area contributed by atoms with Crippen LogP contribution in [0.5, 0.6) is 0 Å². The van der Waals surface area contributed by atoms with Crippen LogP contribution >= 0.6 is 11.5 Å². The van der Waals surface area contributed by atoms with Gasteiger partial charge < -0.3 is 0 Å². The minimum absolute atomic E-state index is 0.0243. The Morgan fingerprint density at radius 1 is 1.00 bits per heavy atom. The molecule has 1 amide bonds. The van der Waals surface area contributed by atoms with Crippen molar-refractivity contribution in [1.29, 1.82) is 0 Å². The summed E-state index contributed by atoms with van der Waals surface area (Å²) in [6, 6.07) is 19.7. The summed E-state index contributed by atoms with van der Waals surface area (Å²) in [5.74, 6) is 0.715. The van der Waals surface area contributed by atoms with E-state index in [1.807, 2.05) is 67.6 Å². The number of hydrogen-bond acceptors (Lipinski definition) is 4. The van der Waals surface area contributed by atoms with Crippen LogP contribution in [0.1, 0.15) is 17.0 Å². The summed E-state index contributed by atoms with van der Waals surface area (Å²) in [7, 11) is 0. The van der Waals surface area contributed by atoms with Crippen molar-refractivity contribution in [3.8, 4) is 0 Å². The van der Waals surface area contributed by atoms with E-state index in [2.05, 4.69) is 9.36 Å². The maximum atomic E-state index is 12.8. The van der Waals surface area contributed by atoms with Crippen LogP contribution in [-0.2, 0) is 17.8 Å². The minimum Gasteiger partial charge on any atom is -0.282 e. The number of carbonyl (C=O) groups excluding carboxylic acids is 1. The molecule has 0 fully saturated rings. The summed E-state index contributed by atoms with van der Waals surface area (Å²) in [5, 5.41) is 0.646. The number of amides is 1. The first kappa shape index (κ1) is 15.4. The molecule has 0 unspecified atom stereocenters. The molecule has 0 spiro atoms. The Morgan fingerprint density at radius 3 is 2.17 bits per heavy atom. The number of anilines is 1. The number of aromatic nitrogens is 2. The van der Waals surface area contributed by atoms with Crippen molar-refractivity contribution >= 4 is 22.6 Å². The zero-order chi connectivity index (χ0) is 16.1. The summed E-state index contributed by atoms with van der Waals surface area (Å²) >= 11 is 1.26. The summed E-state index contributed by atoms with van der Waals surface area (Å²) < 4.78 is 4.21. The van der Waals surface area contributed by atoms with E-state index in [1.165, 1.54) is 11.5 Å². The fourth-order valence-corrected chi connectivity index (χ4v) is 2.98. The van der Waals surface area contributed by atoms with Gasteiger partial charge in [-0.15, -0.1) is 0 Å². The molecule has 23 heavy (non-hydrogen) atoms. The van der Waals surface area contributed by atoms with Crippen molar-refractivity contribution in [2.75, 3.05) is 4.90 Å². The molecule has 0 aliphatic carbocycles. The molecule has 116 valence electrons. The number of rotatable bonds is 5. The van der Waals surface area contributed by atoms with Gasteiger partial charge in [-0.3, -0.25) is 9.69 Å². The predicted molar refractivity (Wildman–Crippen MR) is 92.4 cm³/mol. The van der Waals surface area contributed by atoms with Gasteiger partial charge in [0.05, 0.1) is 13.0 Å². The molecule has 5 heteroatoms. The van der Waals surface area contributed by atoms with E-state index >= 15 is 0 Å². The van der Waals surface area contributed by atoms with Crippen LogP contribution in [-0.4, -0.2) is 15.3 Å². The van der Waals surface area contributed by atoms with Crippen molar-refractivity contribution in [3.05, 3.63) is 77.6 Å². The summed E-state index contributed by atoms with van der Waals surface area (Å²) in [6.07, 6.45) is 0.353. The third-order valence-corrected chi connectivity index (χ3v) is 4.26. The molecule has 3 rings (SSSR count). The van der Waals surface area contributed by atoms with Gasteiger partial charge >= 0.3 is 0 Å². The lowest BCUT2D eigenvalue weighted by atomic mass is 10.1. The summed E-state index contributed by atoms with van der Waals surface area (Å²) in [4.78, 5) is 18.9. The van der Waals surface area contributed by atoms with Gasteiger partial charge in [-0.05, 0) is 18.1 Å². The van der Waals surface area contributed by atoms with Gasteiger partial charge in [0.25, 0.3) is 0 Å². The van der Waals surface area contributed by atoms with Gasteiger partial charge in [-0.2, -0.15) is 4.37 Å². The van der Waals surface area contributed by atoms with Gasteiger partial charge in [0.15, 0.2) is 0 Å². The van der Waals surface area contributed by atoms with Crippen LogP contribution in [0.25, 0.3) is 0 Å². The smallest absolute Gasteiger partial charge is 0.233 e. The van der Waals surface area contributed by atoms with Crippen LogP contribution in [0.3, 0.4) is 0 Å². The van der Waals surface area contributed by atoms with Gasteiger partial charge in [-0.25, -0.2) is 4.98 Å². The van der Waals surface area contributed by atoms with E-state index in [9.17, 15) is 4.79 Å². The molecule has 0 saturated carbocycles. The fourth-order valence-electron chi connectivity index (χ4n) is 2.29. The number of nitrogens with zero attached hydrogens (tertiary/aromatic N) is 3. The molecule has 1 heterocycles. The highest BCUT2D eigenvalue weighted by atomic mass is 32.1. The second-order valence-corrected chi connectivity index (χ2v) is 5.98. The molecule has 4 nitrogen and oxygen atoms in total. The molecule has 1 aromatic heterocycles. The topological polar surface area (TPSA) is 46.1 Å². The van der Waals surface area contributed by atoms with Crippen LogP contribution in [0, 0.1) is 6.92 Å². The molecular formula is C18H17N3OS. The fraction of sp³-hybridized carbons (Fsp3) is 0.167. The first-order valence-electron chi connectivity index (χ1n) is 7.41. The highest BCUT2D eigenvalue weighted by Gasteiger charge is 2.20. The lowest BCUT2D eigenvalue weighted by Gasteiger charge is -2.19. The molecule has 0 aliphatic rings. The van der Waals surface area contributed by atoms with E-state index in [-0.39, 0.29) is 5.91 Å². The molecule has 0 N–H and O–H groups in total. The van der Waals surface area contributed by atoms with Crippen molar-refractivity contribution in [3.63, 3.8) is 0 Å². The Labute approximate surface area is 139 Å². The van der Waals surface area contributed by atoms with Crippen molar-refractivity contribution in [1.82, 2.24) is 9.36 Å². The Bertz CT molecular complexity index is 771. The quantitative estimate of drug-likeness (QED) is 0.720. The second kappa shape index (κ2) is 7.15. The SMILES string of the molecule is Cc1nsc(N(Cc2ccccc2)C(=O)Cc2ccccc2)n1. The Kier molecular flexibility index (Phi) is 4.78. The number of carbonyl (C=O) groups is 1. The average molecular weight is 323 g/mol. The van der Waals surface area contributed by atoms with Crippen LogP contribution in [0.15, 0.2) is 60.7 Å².